The molecule has 0 aliphatic heterocycles. The normalized spacial score (nSPS) is 14.7. The Morgan fingerprint density at radius 2 is 1.78 bits per heavy atom. The summed E-state index contributed by atoms with van der Waals surface area (Å²) in [5.74, 6) is -4.78. The van der Waals surface area contributed by atoms with Gasteiger partial charge in [0.15, 0.2) is 0 Å². The molecule has 1 atom stereocenters. The third kappa shape index (κ3) is 4.31. The van der Waals surface area contributed by atoms with Crippen LogP contribution in [-0.2, 0) is 19.1 Å². The van der Waals surface area contributed by atoms with Crippen LogP contribution < -0.4 is 0 Å². The number of ether oxygens (including phenoxy) is 1. The van der Waals surface area contributed by atoms with Crippen molar-refractivity contribution in [2.75, 3.05) is 0 Å². The summed E-state index contributed by atoms with van der Waals surface area (Å²) in [7, 11) is 0. The number of esters is 1. The summed E-state index contributed by atoms with van der Waals surface area (Å²) >= 11 is 0. The zero-order chi connectivity index (χ0) is 14.3. The van der Waals surface area contributed by atoms with Gasteiger partial charge in [0, 0.05) is 12.8 Å². The predicted molar refractivity (Wildman–Crippen MR) is 57.5 cm³/mol. The lowest BCUT2D eigenvalue weighted by atomic mass is 10.1. The molecule has 0 aliphatic rings. The Morgan fingerprint density at radius 1 is 1.28 bits per heavy atom. The van der Waals surface area contributed by atoms with E-state index in [4.69, 9.17) is 5.11 Å². The molecule has 8 nitrogen and oxygen atoms in total. The van der Waals surface area contributed by atoms with Crippen LogP contribution in [0.15, 0.2) is 21.6 Å². The Hall–Kier alpha value is -2.27. The lowest BCUT2D eigenvalue weighted by Crippen LogP contribution is -2.37. The van der Waals surface area contributed by atoms with Crippen molar-refractivity contribution in [3.63, 3.8) is 0 Å². The van der Waals surface area contributed by atoms with Crippen molar-refractivity contribution in [2.45, 2.75) is 26.6 Å². The van der Waals surface area contributed by atoms with Gasteiger partial charge in [-0.2, -0.15) is 4.99 Å². The van der Waals surface area contributed by atoms with Crippen LogP contribution >= 0.6 is 0 Å². The van der Waals surface area contributed by atoms with Crippen LogP contribution in [0.25, 0.3) is 0 Å². The average molecular weight is 256 g/mol. The SMILES string of the molecule is CC(C)C(C)(O)OC(=O)/C(N=C=O)=C(\O)N=C=O. The molecule has 0 radical (unpaired) electrons. The van der Waals surface area contributed by atoms with Crippen molar-refractivity contribution >= 4 is 18.1 Å². The van der Waals surface area contributed by atoms with E-state index < -0.39 is 29.3 Å². The number of nitrogens with zero attached hydrogens (tertiary/aromatic N) is 2. The monoisotopic (exact) mass is 256 g/mol. The smallest absolute Gasteiger partial charge is 0.366 e. The molecular formula is C10H12N2O6. The van der Waals surface area contributed by atoms with Gasteiger partial charge in [-0.3, -0.25) is 0 Å². The van der Waals surface area contributed by atoms with Crippen LogP contribution in [0.5, 0.6) is 0 Å². The van der Waals surface area contributed by atoms with Gasteiger partial charge in [0.05, 0.1) is 0 Å². The number of aliphatic hydroxyl groups excluding tert-OH is 1. The molecule has 1 unspecified atom stereocenters. The summed E-state index contributed by atoms with van der Waals surface area (Å²) in [5, 5.41) is 18.8. The quantitative estimate of drug-likeness (QED) is 0.182. The summed E-state index contributed by atoms with van der Waals surface area (Å²) in [6.07, 6.45) is 1.94. The van der Waals surface area contributed by atoms with Gasteiger partial charge in [0.25, 0.3) is 5.88 Å². The number of aliphatic imine (C=N–C) groups is 2. The van der Waals surface area contributed by atoms with Crippen LogP contribution in [-0.4, -0.2) is 34.1 Å². The first-order valence-electron chi connectivity index (χ1n) is 4.81. The van der Waals surface area contributed by atoms with Crippen LogP contribution in [0, 0.1) is 5.92 Å². The second kappa shape index (κ2) is 6.46. The molecule has 0 amide bonds. The van der Waals surface area contributed by atoms with Crippen molar-refractivity contribution in [1.29, 1.82) is 0 Å². The van der Waals surface area contributed by atoms with E-state index in [0.29, 0.717) is 0 Å². The van der Waals surface area contributed by atoms with Crippen molar-refractivity contribution in [3.8, 4) is 0 Å². The molecule has 0 aliphatic carbocycles. The first-order valence-corrected chi connectivity index (χ1v) is 4.81. The summed E-state index contributed by atoms with van der Waals surface area (Å²) < 4.78 is 4.62. The standard InChI is InChI=1S/C10H12N2O6/c1-6(2)10(3,17)18-9(16)7(11-4-13)8(15)12-5-14/h6,15,17H,1-3H3/b8-7+. The van der Waals surface area contributed by atoms with Crippen LogP contribution in [0.3, 0.4) is 0 Å². The summed E-state index contributed by atoms with van der Waals surface area (Å²) in [4.78, 5) is 37.1. The molecular weight excluding hydrogens is 244 g/mol. The van der Waals surface area contributed by atoms with Gasteiger partial charge in [-0.25, -0.2) is 14.4 Å². The van der Waals surface area contributed by atoms with Gasteiger partial charge < -0.3 is 14.9 Å². The van der Waals surface area contributed by atoms with E-state index in [9.17, 15) is 19.5 Å². The second-order valence-corrected chi connectivity index (χ2v) is 3.68. The van der Waals surface area contributed by atoms with Crippen LogP contribution in [0.2, 0.25) is 0 Å². The number of rotatable bonds is 5. The Morgan fingerprint density at radius 3 is 2.17 bits per heavy atom. The van der Waals surface area contributed by atoms with E-state index in [2.05, 4.69) is 14.7 Å². The lowest BCUT2D eigenvalue weighted by molar-refractivity contribution is -0.214. The van der Waals surface area contributed by atoms with Crippen molar-refractivity contribution in [3.05, 3.63) is 11.6 Å². The Bertz CT molecular complexity index is 453. The van der Waals surface area contributed by atoms with Gasteiger partial charge in [0.2, 0.25) is 23.6 Å². The third-order valence-electron chi connectivity index (χ3n) is 2.08. The molecule has 0 aromatic carbocycles. The van der Waals surface area contributed by atoms with E-state index in [1.165, 1.54) is 6.92 Å². The highest BCUT2D eigenvalue weighted by molar-refractivity contribution is 5.89. The highest BCUT2D eigenvalue weighted by Gasteiger charge is 2.32. The summed E-state index contributed by atoms with van der Waals surface area (Å²) in [6.45, 7) is 4.35. The molecule has 8 heteroatoms. The minimum atomic E-state index is -1.84. The van der Waals surface area contributed by atoms with E-state index >= 15 is 0 Å². The highest BCUT2D eigenvalue weighted by Crippen LogP contribution is 2.20. The zero-order valence-corrected chi connectivity index (χ0v) is 10.00. The molecule has 0 aromatic rings. The first-order chi connectivity index (χ1) is 8.26. The predicted octanol–water partition coefficient (Wildman–Crippen LogP) is 0.293. The molecule has 0 fully saturated rings. The minimum Gasteiger partial charge on any atom is -0.491 e. The second-order valence-electron chi connectivity index (χ2n) is 3.68. The molecule has 0 aromatic heterocycles. The average Bonchev–Trinajstić information content (AvgIpc) is 2.24. The van der Waals surface area contributed by atoms with E-state index in [0.717, 1.165) is 12.2 Å². The third-order valence-corrected chi connectivity index (χ3v) is 2.08. The maximum absolute atomic E-state index is 11.5. The highest BCUT2D eigenvalue weighted by atomic mass is 16.7. The van der Waals surface area contributed by atoms with Crippen molar-refractivity contribution in [2.24, 2.45) is 15.9 Å². The molecule has 0 heterocycles. The lowest BCUT2D eigenvalue weighted by Gasteiger charge is -2.26. The molecule has 0 rings (SSSR count). The first kappa shape index (κ1) is 15.7. The summed E-state index contributed by atoms with van der Waals surface area (Å²) in [5.41, 5.74) is -0.950. The Balaban J connectivity index is 5.32. The Kier molecular flexibility index (Phi) is 5.65. The van der Waals surface area contributed by atoms with Gasteiger partial charge in [-0.1, -0.05) is 13.8 Å². The number of aliphatic hydroxyl groups is 2. The molecule has 0 bridgehead atoms. The number of carbonyl (C=O) groups is 1. The number of hydrogen-bond donors (Lipinski definition) is 2. The molecule has 98 valence electrons. The molecule has 0 spiro atoms. The van der Waals surface area contributed by atoms with Crippen molar-refractivity contribution in [1.82, 2.24) is 0 Å². The number of carbonyl (C=O) groups excluding carboxylic acids is 3. The number of hydrogen-bond acceptors (Lipinski definition) is 8. The number of isocyanates is 2. The van der Waals surface area contributed by atoms with E-state index in [-0.39, 0.29) is 0 Å². The summed E-state index contributed by atoms with van der Waals surface area (Å²) in [6, 6.07) is 0. The van der Waals surface area contributed by atoms with Crippen LogP contribution in [0.1, 0.15) is 20.8 Å². The van der Waals surface area contributed by atoms with Gasteiger partial charge in [-0.05, 0) is 0 Å². The minimum absolute atomic E-state index is 0.459. The molecule has 0 saturated heterocycles. The fourth-order valence-corrected chi connectivity index (χ4v) is 0.683. The van der Waals surface area contributed by atoms with Gasteiger partial charge >= 0.3 is 5.97 Å². The van der Waals surface area contributed by atoms with E-state index in [1.54, 1.807) is 13.8 Å². The zero-order valence-electron chi connectivity index (χ0n) is 10.00. The molecule has 18 heavy (non-hydrogen) atoms. The Labute approximate surface area is 102 Å². The fraction of sp³-hybridized carbons (Fsp3) is 0.500. The topological polar surface area (TPSA) is 126 Å². The van der Waals surface area contributed by atoms with Crippen LogP contribution in [0.4, 0.5) is 0 Å². The van der Waals surface area contributed by atoms with Gasteiger partial charge in [0.1, 0.15) is 0 Å². The fourth-order valence-electron chi connectivity index (χ4n) is 0.683. The van der Waals surface area contributed by atoms with Crippen molar-refractivity contribution < 1.29 is 29.3 Å². The van der Waals surface area contributed by atoms with E-state index in [1.807, 2.05) is 0 Å². The molecule has 2 N–H and O–H groups in total. The molecule has 0 saturated carbocycles. The van der Waals surface area contributed by atoms with Gasteiger partial charge in [-0.15, -0.1) is 4.99 Å². The maximum Gasteiger partial charge on any atom is 0.366 e. The maximum atomic E-state index is 11.5. The largest absolute Gasteiger partial charge is 0.491 e.